The van der Waals surface area contributed by atoms with Gasteiger partial charge in [-0.2, -0.15) is 18.2 Å². The maximum Gasteiger partial charge on any atom is 0.416 e. The van der Waals surface area contributed by atoms with Crippen LogP contribution in [-0.4, -0.2) is 37.1 Å². The minimum Gasteiger partial charge on any atom is -0.467 e. The number of carbonyl (C=O) groups is 1. The Hall–Kier alpha value is -2.84. The molecule has 0 aliphatic rings. The lowest BCUT2D eigenvalue weighted by Crippen LogP contribution is -2.19. The van der Waals surface area contributed by atoms with Gasteiger partial charge in [0.2, 0.25) is 5.91 Å². The van der Waals surface area contributed by atoms with Crippen LogP contribution in [0.2, 0.25) is 0 Å². The topological polar surface area (TPSA) is 67.3 Å². The number of amides is 1. The summed E-state index contributed by atoms with van der Waals surface area (Å²) in [6.07, 6.45) is -3.06. The van der Waals surface area contributed by atoms with Gasteiger partial charge >= 0.3 is 12.2 Å². The maximum absolute atomic E-state index is 12.5. The highest BCUT2D eigenvalue weighted by Crippen LogP contribution is 2.29. The number of anilines is 2. The van der Waals surface area contributed by atoms with Crippen LogP contribution in [0.4, 0.5) is 24.7 Å². The Bertz CT molecular complexity index is 746. The summed E-state index contributed by atoms with van der Waals surface area (Å²) < 4.78 is 42.6. The number of hydrogen-bond donors (Lipinski definition) is 1. The van der Waals surface area contributed by atoms with Gasteiger partial charge in [0.15, 0.2) is 5.82 Å². The van der Waals surface area contributed by atoms with Crippen molar-refractivity contribution in [2.24, 2.45) is 0 Å². The fraction of sp³-hybridized carbons (Fsp3) is 0.312. The summed E-state index contributed by atoms with van der Waals surface area (Å²) in [5, 5.41) is 2.65. The second kappa shape index (κ2) is 7.37. The van der Waals surface area contributed by atoms with Gasteiger partial charge < -0.3 is 15.0 Å². The smallest absolute Gasteiger partial charge is 0.416 e. The van der Waals surface area contributed by atoms with Crippen LogP contribution in [0.1, 0.15) is 11.1 Å². The van der Waals surface area contributed by atoms with E-state index in [-0.39, 0.29) is 12.4 Å². The van der Waals surface area contributed by atoms with E-state index in [0.717, 1.165) is 12.1 Å². The van der Waals surface area contributed by atoms with Crippen molar-refractivity contribution >= 4 is 17.4 Å². The third-order valence-corrected chi connectivity index (χ3v) is 3.27. The van der Waals surface area contributed by atoms with Gasteiger partial charge in [0, 0.05) is 14.1 Å². The van der Waals surface area contributed by atoms with Gasteiger partial charge in [-0.05, 0) is 17.7 Å². The Balaban J connectivity index is 2.10. The number of benzene rings is 1. The van der Waals surface area contributed by atoms with E-state index in [1.54, 1.807) is 19.0 Å². The van der Waals surface area contributed by atoms with E-state index < -0.39 is 17.6 Å². The second-order valence-electron chi connectivity index (χ2n) is 5.41. The molecule has 9 heteroatoms. The van der Waals surface area contributed by atoms with Gasteiger partial charge in [-0.15, -0.1) is 0 Å². The number of rotatable bonds is 5. The van der Waals surface area contributed by atoms with Crippen LogP contribution in [0.25, 0.3) is 0 Å². The van der Waals surface area contributed by atoms with Crippen molar-refractivity contribution in [3.05, 3.63) is 41.6 Å². The molecular weight excluding hydrogens is 337 g/mol. The molecule has 0 atom stereocenters. The zero-order chi connectivity index (χ0) is 18.6. The lowest BCUT2D eigenvalue weighted by atomic mass is 10.1. The van der Waals surface area contributed by atoms with E-state index in [1.807, 2.05) is 0 Å². The van der Waals surface area contributed by atoms with Crippen molar-refractivity contribution in [1.82, 2.24) is 9.97 Å². The molecule has 1 N–H and O–H groups in total. The Labute approximate surface area is 142 Å². The van der Waals surface area contributed by atoms with E-state index in [0.29, 0.717) is 17.1 Å². The molecule has 0 fully saturated rings. The van der Waals surface area contributed by atoms with E-state index in [2.05, 4.69) is 15.3 Å². The van der Waals surface area contributed by atoms with E-state index in [9.17, 15) is 18.0 Å². The molecule has 0 spiro atoms. The summed E-state index contributed by atoms with van der Waals surface area (Å²) in [4.78, 5) is 21.9. The van der Waals surface area contributed by atoms with Crippen LogP contribution in [0.3, 0.4) is 0 Å². The molecule has 0 bridgehead atoms. The Morgan fingerprint density at radius 1 is 1.24 bits per heavy atom. The zero-order valence-electron chi connectivity index (χ0n) is 13.9. The molecule has 0 saturated heterocycles. The monoisotopic (exact) mass is 354 g/mol. The molecule has 1 amide bonds. The van der Waals surface area contributed by atoms with E-state index >= 15 is 0 Å². The first kappa shape index (κ1) is 18.5. The van der Waals surface area contributed by atoms with Crippen LogP contribution in [0.5, 0.6) is 6.01 Å². The first-order chi connectivity index (χ1) is 11.7. The third-order valence-electron chi connectivity index (χ3n) is 3.27. The minimum atomic E-state index is -4.40. The van der Waals surface area contributed by atoms with Crippen LogP contribution in [0, 0.1) is 0 Å². The van der Waals surface area contributed by atoms with Crippen LogP contribution in [-0.2, 0) is 17.4 Å². The van der Waals surface area contributed by atoms with Crippen molar-refractivity contribution in [2.45, 2.75) is 12.6 Å². The van der Waals surface area contributed by atoms with Gasteiger partial charge in [-0.25, -0.2) is 4.98 Å². The SMILES string of the molecule is COc1ncc(NC(=O)Cc2ccc(C(F)(F)F)cc2)c(N(C)C)n1. The second-order valence-corrected chi connectivity index (χ2v) is 5.41. The predicted molar refractivity (Wildman–Crippen MR) is 86.7 cm³/mol. The van der Waals surface area contributed by atoms with Crippen LogP contribution < -0.4 is 15.0 Å². The number of halogens is 3. The highest BCUT2D eigenvalue weighted by atomic mass is 19.4. The molecular formula is C16H17F3N4O2. The highest BCUT2D eigenvalue weighted by Gasteiger charge is 2.30. The minimum absolute atomic E-state index is 0.0724. The number of hydrogen-bond acceptors (Lipinski definition) is 5. The number of aromatic nitrogens is 2. The summed E-state index contributed by atoms with van der Waals surface area (Å²) in [6, 6.07) is 4.61. The molecule has 2 aromatic rings. The lowest BCUT2D eigenvalue weighted by Gasteiger charge is -2.16. The maximum atomic E-state index is 12.5. The van der Waals surface area contributed by atoms with Gasteiger partial charge in [0.25, 0.3) is 0 Å². The molecule has 6 nitrogen and oxygen atoms in total. The molecule has 0 aliphatic heterocycles. The molecule has 0 aliphatic carbocycles. The fourth-order valence-electron chi connectivity index (χ4n) is 2.08. The van der Waals surface area contributed by atoms with Crippen molar-refractivity contribution in [1.29, 1.82) is 0 Å². The number of methoxy groups -OCH3 is 1. The Kier molecular flexibility index (Phi) is 5.45. The highest BCUT2D eigenvalue weighted by molar-refractivity contribution is 5.94. The van der Waals surface area contributed by atoms with Gasteiger partial charge in [-0.3, -0.25) is 4.79 Å². The molecule has 0 unspecified atom stereocenters. The summed E-state index contributed by atoms with van der Waals surface area (Å²) in [7, 11) is 4.91. The number of nitrogens with one attached hydrogen (secondary N) is 1. The molecule has 0 radical (unpaired) electrons. The Morgan fingerprint density at radius 2 is 1.88 bits per heavy atom. The van der Waals surface area contributed by atoms with Gasteiger partial charge in [-0.1, -0.05) is 12.1 Å². The van der Waals surface area contributed by atoms with Crippen molar-refractivity contribution in [3.63, 3.8) is 0 Å². The molecule has 1 aromatic heterocycles. The standard InChI is InChI=1S/C16H17F3N4O2/c1-23(2)14-12(9-20-15(22-14)25-3)21-13(24)8-10-4-6-11(7-5-10)16(17,18)19/h4-7,9H,8H2,1-3H3,(H,21,24). The zero-order valence-corrected chi connectivity index (χ0v) is 13.9. The van der Waals surface area contributed by atoms with Gasteiger partial charge in [0.05, 0.1) is 25.3 Å². The normalized spacial score (nSPS) is 11.1. The van der Waals surface area contributed by atoms with Crippen LogP contribution >= 0.6 is 0 Å². The summed E-state index contributed by atoms with van der Waals surface area (Å²) in [5.41, 5.74) is 0.0872. The number of carbonyl (C=O) groups excluding carboxylic acids is 1. The first-order valence-corrected chi connectivity index (χ1v) is 7.25. The molecule has 1 aromatic carbocycles. The van der Waals surface area contributed by atoms with E-state index in [4.69, 9.17) is 4.74 Å². The summed E-state index contributed by atoms with van der Waals surface area (Å²) in [5.74, 6) is 0.0595. The largest absolute Gasteiger partial charge is 0.467 e. The molecule has 0 saturated carbocycles. The average Bonchev–Trinajstić information content (AvgIpc) is 2.54. The number of alkyl halides is 3. The first-order valence-electron chi connectivity index (χ1n) is 7.25. The fourth-order valence-corrected chi connectivity index (χ4v) is 2.08. The van der Waals surface area contributed by atoms with E-state index in [1.165, 1.54) is 25.4 Å². The average molecular weight is 354 g/mol. The molecule has 25 heavy (non-hydrogen) atoms. The van der Waals surface area contributed by atoms with Crippen molar-refractivity contribution in [3.8, 4) is 6.01 Å². The third kappa shape index (κ3) is 4.82. The number of ether oxygens (including phenoxy) is 1. The quantitative estimate of drug-likeness (QED) is 0.894. The van der Waals surface area contributed by atoms with Crippen molar-refractivity contribution in [2.75, 3.05) is 31.4 Å². The lowest BCUT2D eigenvalue weighted by molar-refractivity contribution is -0.137. The molecule has 1 heterocycles. The Morgan fingerprint density at radius 3 is 2.40 bits per heavy atom. The number of nitrogens with zero attached hydrogens (tertiary/aromatic N) is 3. The summed E-state index contributed by atoms with van der Waals surface area (Å²) >= 11 is 0. The predicted octanol–water partition coefficient (Wildman–Crippen LogP) is 2.75. The van der Waals surface area contributed by atoms with Crippen molar-refractivity contribution < 1.29 is 22.7 Å². The van der Waals surface area contributed by atoms with Crippen LogP contribution in [0.15, 0.2) is 30.5 Å². The molecule has 134 valence electrons. The molecule has 2 rings (SSSR count). The van der Waals surface area contributed by atoms with Gasteiger partial charge in [0.1, 0.15) is 5.69 Å². The summed E-state index contributed by atoms with van der Waals surface area (Å²) in [6.45, 7) is 0.